The van der Waals surface area contributed by atoms with E-state index in [1.54, 1.807) is 45.0 Å². The molecule has 0 radical (unpaired) electrons. The fourth-order valence-corrected chi connectivity index (χ4v) is 2.45. The Labute approximate surface area is 167 Å². The Kier molecular flexibility index (Phi) is 6.98. The molecule has 0 bridgehead atoms. The molecule has 0 saturated carbocycles. The maximum absolute atomic E-state index is 11.7. The normalized spacial score (nSPS) is 12.1. The standard InChI is InChI=1S/C20H23NO8/c1-20(2,3)29-19(25)28-14-7-5-12(6-8-14)9-13(10-16(22)26-4)17-21-15(11-27-17)18(23)24/h5-8,11,13H,9-10H2,1-4H3,(H,23,24). The number of carboxylic acid groups (broad SMARTS) is 1. The lowest BCUT2D eigenvalue weighted by molar-refractivity contribution is -0.141. The molecule has 1 aromatic heterocycles. The van der Waals surface area contributed by atoms with Crippen LogP contribution in [-0.2, 0) is 20.7 Å². The number of esters is 1. The van der Waals surface area contributed by atoms with Crippen LogP contribution in [0.4, 0.5) is 4.79 Å². The number of benzene rings is 1. The number of methoxy groups -OCH3 is 1. The molecule has 1 atom stereocenters. The SMILES string of the molecule is COC(=O)CC(Cc1ccc(OC(=O)OC(C)(C)C)cc1)c1nc(C(=O)O)co1. The molecule has 9 nitrogen and oxygen atoms in total. The first-order chi connectivity index (χ1) is 13.6. The molecule has 0 fully saturated rings. The molecule has 2 aromatic rings. The van der Waals surface area contributed by atoms with Crippen molar-refractivity contribution in [2.45, 2.75) is 45.1 Å². The van der Waals surface area contributed by atoms with Crippen LogP contribution in [0.5, 0.6) is 5.75 Å². The van der Waals surface area contributed by atoms with Gasteiger partial charge in [-0.25, -0.2) is 14.6 Å². The molecule has 1 heterocycles. The van der Waals surface area contributed by atoms with Gasteiger partial charge in [0.2, 0.25) is 0 Å². The lowest BCUT2D eigenvalue weighted by Gasteiger charge is -2.18. The van der Waals surface area contributed by atoms with Gasteiger partial charge in [0, 0.05) is 0 Å². The van der Waals surface area contributed by atoms with Crippen molar-refractivity contribution in [3.05, 3.63) is 47.7 Å². The summed E-state index contributed by atoms with van der Waals surface area (Å²) >= 11 is 0. The van der Waals surface area contributed by atoms with Gasteiger partial charge in [-0.1, -0.05) is 12.1 Å². The van der Waals surface area contributed by atoms with Crippen LogP contribution in [0.1, 0.15) is 55.1 Å². The van der Waals surface area contributed by atoms with Crippen LogP contribution < -0.4 is 4.74 Å². The molecule has 156 valence electrons. The largest absolute Gasteiger partial charge is 0.514 e. The Hall–Kier alpha value is -3.36. The number of ether oxygens (including phenoxy) is 3. The Morgan fingerprint density at radius 1 is 1.17 bits per heavy atom. The van der Waals surface area contributed by atoms with Gasteiger partial charge in [-0.15, -0.1) is 0 Å². The number of hydrogen-bond acceptors (Lipinski definition) is 8. The average Bonchev–Trinajstić information content (AvgIpc) is 3.11. The molecule has 9 heteroatoms. The molecule has 0 spiro atoms. The minimum atomic E-state index is -1.22. The van der Waals surface area contributed by atoms with Gasteiger partial charge in [-0.2, -0.15) is 0 Å². The Morgan fingerprint density at radius 2 is 1.83 bits per heavy atom. The summed E-state index contributed by atoms with van der Waals surface area (Å²) in [4.78, 5) is 38.4. The van der Waals surface area contributed by atoms with E-state index < -0.39 is 29.6 Å². The molecule has 2 rings (SSSR count). The lowest BCUT2D eigenvalue weighted by Crippen LogP contribution is -2.25. The van der Waals surface area contributed by atoms with Crippen molar-refractivity contribution in [3.8, 4) is 5.75 Å². The highest BCUT2D eigenvalue weighted by Crippen LogP contribution is 2.26. The molecule has 0 aliphatic rings. The van der Waals surface area contributed by atoms with Crippen molar-refractivity contribution in [1.29, 1.82) is 0 Å². The maximum Gasteiger partial charge on any atom is 0.514 e. The third-order valence-electron chi connectivity index (χ3n) is 3.73. The fraction of sp³-hybridized carbons (Fsp3) is 0.400. The monoisotopic (exact) mass is 405 g/mol. The maximum atomic E-state index is 11.7. The van der Waals surface area contributed by atoms with Gasteiger partial charge in [0.15, 0.2) is 11.6 Å². The van der Waals surface area contributed by atoms with Crippen LogP contribution in [0.15, 0.2) is 34.9 Å². The number of rotatable bonds is 7. The number of nitrogens with zero attached hydrogens (tertiary/aromatic N) is 1. The second-order valence-electron chi connectivity index (χ2n) is 7.27. The lowest BCUT2D eigenvalue weighted by atomic mass is 9.96. The predicted molar refractivity (Wildman–Crippen MR) is 99.8 cm³/mol. The van der Waals surface area contributed by atoms with Gasteiger partial charge < -0.3 is 23.7 Å². The Bertz CT molecular complexity index is 863. The van der Waals surface area contributed by atoms with Crippen LogP contribution >= 0.6 is 0 Å². The minimum absolute atomic E-state index is 0.0355. The van der Waals surface area contributed by atoms with Crippen LogP contribution in [-0.4, -0.2) is 40.9 Å². The average molecular weight is 405 g/mol. The van der Waals surface area contributed by atoms with E-state index >= 15 is 0 Å². The van der Waals surface area contributed by atoms with Gasteiger partial charge in [0.25, 0.3) is 0 Å². The summed E-state index contributed by atoms with van der Waals surface area (Å²) in [6, 6.07) is 6.61. The molecular formula is C20H23NO8. The van der Waals surface area contributed by atoms with Gasteiger partial charge in [-0.3, -0.25) is 4.79 Å². The number of aromatic carboxylic acids is 1. The first-order valence-corrected chi connectivity index (χ1v) is 8.82. The number of carboxylic acids is 1. The zero-order valence-corrected chi connectivity index (χ0v) is 16.6. The highest BCUT2D eigenvalue weighted by molar-refractivity contribution is 5.84. The number of carbonyl (C=O) groups excluding carboxylic acids is 2. The highest BCUT2D eigenvalue weighted by atomic mass is 16.7. The van der Waals surface area contributed by atoms with Crippen molar-refractivity contribution < 1.29 is 38.1 Å². The number of aromatic nitrogens is 1. The number of oxazole rings is 1. The minimum Gasteiger partial charge on any atom is -0.476 e. The summed E-state index contributed by atoms with van der Waals surface area (Å²) in [5, 5.41) is 9.00. The smallest absolute Gasteiger partial charge is 0.476 e. The van der Waals surface area contributed by atoms with E-state index in [4.69, 9.17) is 23.7 Å². The predicted octanol–water partition coefficient (Wildman–Crippen LogP) is 3.58. The summed E-state index contributed by atoms with van der Waals surface area (Å²) < 4.78 is 20.1. The molecule has 1 aromatic carbocycles. The van der Waals surface area contributed by atoms with Crippen LogP contribution in [0.25, 0.3) is 0 Å². The summed E-state index contributed by atoms with van der Waals surface area (Å²) in [5.74, 6) is -1.79. The van der Waals surface area contributed by atoms with E-state index in [9.17, 15) is 14.4 Å². The van der Waals surface area contributed by atoms with Gasteiger partial charge in [0.1, 0.15) is 17.6 Å². The summed E-state index contributed by atoms with van der Waals surface area (Å²) in [6.07, 6.45) is 0.516. The van der Waals surface area contributed by atoms with E-state index in [0.29, 0.717) is 12.2 Å². The van der Waals surface area contributed by atoms with E-state index in [0.717, 1.165) is 11.8 Å². The Morgan fingerprint density at radius 3 is 2.34 bits per heavy atom. The van der Waals surface area contributed by atoms with Crippen molar-refractivity contribution in [2.24, 2.45) is 0 Å². The molecule has 29 heavy (non-hydrogen) atoms. The number of carbonyl (C=O) groups is 3. The van der Waals surface area contributed by atoms with Crippen molar-refractivity contribution in [2.75, 3.05) is 7.11 Å². The van der Waals surface area contributed by atoms with E-state index in [-0.39, 0.29) is 18.0 Å². The van der Waals surface area contributed by atoms with E-state index in [1.165, 1.54) is 7.11 Å². The number of hydrogen-bond donors (Lipinski definition) is 1. The first-order valence-electron chi connectivity index (χ1n) is 8.82. The molecule has 1 unspecified atom stereocenters. The first kappa shape index (κ1) is 21.9. The topological polar surface area (TPSA) is 125 Å². The second kappa shape index (κ2) is 9.22. The van der Waals surface area contributed by atoms with Gasteiger partial charge in [0.05, 0.1) is 19.4 Å². The quantitative estimate of drug-likeness (QED) is 0.543. The Balaban J connectivity index is 2.10. The third-order valence-corrected chi connectivity index (χ3v) is 3.73. The van der Waals surface area contributed by atoms with Crippen molar-refractivity contribution in [3.63, 3.8) is 0 Å². The summed E-state index contributed by atoms with van der Waals surface area (Å²) in [7, 11) is 1.26. The van der Waals surface area contributed by atoms with Gasteiger partial charge in [-0.05, 0) is 44.9 Å². The van der Waals surface area contributed by atoms with Crippen molar-refractivity contribution in [1.82, 2.24) is 4.98 Å². The summed E-state index contributed by atoms with van der Waals surface area (Å²) in [5.41, 5.74) is -0.107. The van der Waals surface area contributed by atoms with E-state index in [2.05, 4.69) is 4.98 Å². The zero-order valence-electron chi connectivity index (χ0n) is 16.6. The molecule has 1 N–H and O–H groups in total. The third kappa shape index (κ3) is 6.95. The second-order valence-corrected chi connectivity index (χ2v) is 7.27. The van der Waals surface area contributed by atoms with Crippen molar-refractivity contribution >= 4 is 18.1 Å². The molecular weight excluding hydrogens is 382 g/mol. The molecule has 0 saturated heterocycles. The summed E-state index contributed by atoms with van der Waals surface area (Å²) in [6.45, 7) is 5.20. The fourth-order valence-electron chi connectivity index (χ4n) is 2.45. The van der Waals surface area contributed by atoms with Crippen LogP contribution in [0.2, 0.25) is 0 Å². The van der Waals surface area contributed by atoms with Crippen LogP contribution in [0, 0.1) is 0 Å². The zero-order chi connectivity index (χ0) is 21.6. The van der Waals surface area contributed by atoms with Gasteiger partial charge >= 0.3 is 18.1 Å². The highest BCUT2D eigenvalue weighted by Gasteiger charge is 2.24. The molecule has 0 aliphatic carbocycles. The molecule has 0 amide bonds. The van der Waals surface area contributed by atoms with Crippen LogP contribution in [0.3, 0.4) is 0 Å². The molecule has 0 aliphatic heterocycles. The van der Waals surface area contributed by atoms with E-state index in [1.807, 2.05) is 0 Å².